The third-order valence-corrected chi connectivity index (χ3v) is 2.99. The van der Waals surface area contributed by atoms with Gasteiger partial charge in [-0.15, -0.1) is 0 Å². The zero-order valence-electron chi connectivity index (χ0n) is 12.1. The lowest BCUT2D eigenvalue weighted by Crippen LogP contribution is -2.08. The molecule has 2 aromatic rings. The van der Waals surface area contributed by atoms with Crippen LogP contribution in [0.2, 0.25) is 0 Å². The molecule has 0 saturated carbocycles. The van der Waals surface area contributed by atoms with Crippen LogP contribution in [0.4, 0.5) is 5.69 Å². The van der Waals surface area contributed by atoms with Gasteiger partial charge >= 0.3 is 0 Å². The number of hydrogen-bond acceptors (Lipinski definition) is 1. The van der Waals surface area contributed by atoms with Crippen molar-refractivity contribution in [2.45, 2.75) is 20.8 Å². The minimum Gasteiger partial charge on any atom is -0.322 e. The summed E-state index contributed by atoms with van der Waals surface area (Å²) in [5, 5.41) is 2.88. The molecule has 0 bridgehead atoms. The summed E-state index contributed by atoms with van der Waals surface area (Å²) in [5.74, 6) is -0.115. The van der Waals surface area contributed by atoms with Crippen molar-refractivity contribution in [1.29, 1.82) is 0 Å². The van der Waals surface area contributed by atoms with Gasteiger partial charge in [-0.2, -0.15) is 0 Å². The third kappa shape index (κ3) is 4.09. The van der Waals surface area contributed by atoms with Crippen molar-refractivity contribution in [3.8, 4) is 0 Å². The second-order valence-corrected chi connectivity index (χ2v) is 5.11. The highest BCUT2D eigenvalue weighted by Crippen LogP contribution is 2.14. The third-order valence-electron chi connectivity index (χ3n) is 2.99. The van der Waals surface area contributed by atoms with E-state index in [-0.39, 0.29) is 5.91 Å². The molecule has 102 valence electrons. The summed E-state index contributed by atoms with van der Waals surface area (Å²) in [6.45, 7) is 6.08. The van der Waals surface area contributed by atoms with Gasteiger partial charge in [0.1, 0.15) is 0 Å². The largest absolute Gasteiger partial charge is 0.322 e. The standard InChI is InChI=1S/C18H19NO/c1-13-4-6-16(7-5-13)8-9-18(20)19-17-11-14(2)10-15(3)12-17/h4-12H,1-3H3,(H,19,20)/b9-8+. The van der Waals surface area contributed by atoms with Crippen molar-refractivity contribution in [1.82, 2.24) is 0 Å². The van der Waals surface area contributed by atoms with Crippen molar-refractivity contribution in [2.24, 2.45) is 0 Å². The average Bonchev–Trinajstić information content (AvgIpc) is 2.37. The van der Waals surface area contributed by atoms with Crippen LogP contribution in [0.3, 0.4) is 0 Å². The molecule has 2 heteroatoms. The molecule has 0 aliphatic heterocycles. The van der Waals surface area contributed by atoms with E-state index in [4.69, 9.17) is 0 Å². The van der Waals surface area contributed by atoms with Crippen molar-refractivity contribution in [3.63, 3.8) is 0 Å². The normalized spacial score (nSPS) is 10.8. The smallest absolute Gasteiger partial charge is 0.248 e. The molecule has 0 aliphatic rings. The molecular weight excluding hydrogens is 246 g/mol. The van der Waals surface area contributed by atoms with Crippen LogP contribution in [0.5, 0.6) is 0 Å². The first kappa shape index (κ1) is 14.1. The van der Waals surface area contributed by atoms with Crippen LogP contribution in [0.1, 0.15) is 22.3 Å². The fraction of sp³-hybridized carbons (Fsp3) is 0.167. The number of hydrogen-bond donors (Lipinski definition) is 1. The Hall–Kier alpha value is -2.35. The van der Waals surface area contributed by atoms with Gasteiger partial charge in [-0.25, -0.2) is 0 Å². The second kappa shape index (κ2) is 6.20. The fourth-order valence-electron chi connectivity index (χ4n) is 2.08. The first-order chi connectivity index (χ1) is 9.52. The van der Waals surface area contributed by atoms with Crippen molar-refractivity contribution < 1.29 is 4.79 Å². The van der Waals surface area contributed by atoms with Crippen molar-refractivity contribution >= 4 is 17.7 Å². The van der Waals surface area contributed by atoms with Gasteiger partial charge in [0.05, 0.1) is 0 Å². The molecule has 0 atom stereocenters. The van der Waals surface area contributed by atoms with E-state index < -0.39 is 0 Å². The van der Waals surface area contributed by atoms with E-state index in [1.54, 1.807) is 6.08 Å². The zero-order chi connectivity index (χ0) is 14.5. The molecule has 2 nitrogen and oxygen atoms in total. The number of carbonyl (C=O) groups is 1. The predicted molar refractivity (Wildman–Crippen MR) is 84.8 cm³/mol. The summed E-state index contributed by atoms with van der Waals surface area (Å²) in [6, 6.07) is 14.1. The highest BCUT2D eigenvalue weighted by atomic mass is 16.1. The summed E-state index contributed by atoms with van der Waals surface area (Å²) in [7, 11) is 0. The molecule has 0 unspecified atom stereocenters. The number of benzene rings is 2. The summed E-state index contributed by atoms with van der Waals surface area (Å²) in [5.41, 5.74) is 5.35. The molecule has 20 heavy (non-hydrogen) atoms. The van der Waals surface area contributed by atoms with E-state index in [9.17, 15) is 4.79 Å². The Morgan fingerprint density at radius 3 is 2.10 bits per heavy atom. The minimum absolute atomic E-state index is 0.115. The van der Waals surface area contributed by atoms with Gasteiger partial charge in [-0.1, -0.05) is 35.9 Å². The molecular formula is C18H19NO. The fourth-order valence-corrected chi connectivity index (χ4v) is 2.08. The maximum absolute atomic E-state index is 11.9. The van der Waals surface area contributed by atoms with E-state index in [0.717, 1.165) is 22.4 Å². The van der Waals surface area contributed by atoms with Gasteiger partial charge in [0.15, 0.2) is 0 Å². The Labute approximate surface area is 120 Å². The quantitative estimate of drug-likeness (QED) is 0.825. The Bertz CT molecular complexity index is 619. The molecule has 0 fully saturated rings. The lowest BCUT2D eigenvalue weighted by molar-refractivity contribution is -0.111. The van der Waals surface area contributed by atoms with Gasteiger partial charge in [-0.3, -0.25) is 4.79 Å². The number of amides is 1. The number of carbonyl (C=O) groups excluding carboxylic acids is 1. The Balaban J connectivity index is 2.03. The van der Waals surface area contributed by atoms with E-state index in [1.165, 1.54) is 5.56 Å². The molecule has 0 aromatic heterocycles. The van der Waals surface area contributed by atoms with Crippen LogP contribution in [-0.4, -0.2) is 5.91 Å². The number of nitrogens with one attached hydrogen (secondary N) is 1. The van der Waals surface area contributed by atoms with Gasteiger partial charge in [0.2, 0.25) is 5.91 Å². The maximum Gasteiger partial charge on any atom is 0.248 e. The zero-order valence-corrected chi connectivity index (χ0v) is 12.1. The first-order valence-electron chi connectivity index (χ1n) is 6.67. The van der Waals surface area contributed by atoms with Gasteiger partial charge in [0, 0.05) is 11.8 Å². The second-order valence-electron chi connectivity index (χ2n) is 5.11. The summed E-state index contributed by atoms with van der Waals surface area (Å²) in [6.07, 6.45) is 3.37. The highest BCUT2D eigenvalue weighted by molar-refractivity contribution is 6.02. The van der Waals surface area contributed by atoms with Crippen LogP contribution >= 0.6 is 0 Å². The van der Waals surface area contributed by atoms with E-state index in [2.05, 4.69) is 11.4 Å². The topological polar surface area (TPSA) is 29.1 Å². The first-order valence-corrected chi connectivity index (χ1v) is 6.67. The Kier molecular flexibility index (Phi) is 4.36. The summed E-state index contributed by atoms with van der Waals surface area (Å²) < 4.78 is 0. The van der Waals surface area contributed by atoms with Gasteiger partial charge in [0.25, 0.3) is 0 Å². The van der Waals surface area contributed by atoms with Crippen molar-refractivity contribution in [3.05, 3.63) is 70.8 Å². The van der Waals surface area contributed by atoms with E-state index >= 15 is 0 Å². The SMILES string of the molecule is Cc1ccc(/C=C/C(=O)Nc2cc(C)cc(C)c2)cc1. The summed E-state index contributed by atoms with van der Waals surface area (Å²) in [4.78, 5) is 11.9. The lowest BCUT2D eigenvalue weighted by Gasteiger charge is -2.05. The van der Waals surface area contributed by atoms with Crippen LogP contribution in [0.15, 0.2) is 48.5 Å². The van der Waals surface area contributed by atoms with Crippen LogP contribution in [0, 0.1) is 20.8 Å². The number of aryl methyl sites for hydroxylation is 3. The van der Waals surface area contributed by atoms with E-state index in [0.29, 0.717) is 0 Å². The Morgan fingerprint density at radius 1 is 0.900 bits per heavy atom. The number of anilines is 1. The van der Waals surface area contributed by atoms with Crippen LogP contribution in [-0.2, 0) is 4.79 Å². The molecule has 0 radical (unpaired) electrons. The van der Waals surface area contributed by atoms with Crippen molar-refractivity contribution in [2.75, 3.05) is 5.32 Å². The highest BCUT2D eigenvalue weighted by Gasteiger charge is 1.99. The average molecular weight is 265 g/mol. The van der Waals surface area contributed by atoms with E-state index in [1.807, 2.05) is 63.2 Å². The molecule has 0 aliphatic carbocycles. The predicted octanol–water partition coefficient (Wildman–Crippen LogP) is 4.26. The monoisotopic (exact) mass is 265 g/mol. The van der Waals surface area contributed by atoms with Gasteiger partial charge < -0.3 is 5.32 Å². The van der Waals surface area contributed by atoms with Crippen LogP contribution < -0.4 is 5.32 Å². The summed E-state index contributed by atoms with van der Waals surface area (Å²) >= 11 is 0. The molecule has 0 spiro atoms. The molecule has 1 N–H and O–H groups in total. The molecule has 1 amide bonds. The lowest BCUT2D eigenvalue weighted by atomic mass is 10.1. The molecule has 0 saturated heterocycles. The molecule has 0 heterocycles. The van der Waals surface area contributed by atoms with Gasteiger partial charge in [-0.05, 0) is 55.7 Å². The number of rotatable bonds is 3. The van der Waals surface area contributed by atoms with Crippen LogP contribution in [0.25, 0.3) is 6.08 Å². The minimum atomic E-state index is -0.115. The molecule has 2 aromatic carbocycles. The maximum atomic E-state index is 11.9. The molecule has 2 rings (SSSR count). The Morgan fingerprint density at radius 2 is 1.50 bits per heavy atom.